The van der Waals surface area contributed by atoms with Gasteiger partial charge in [0.25, 0.3) is 0 Å². The monoisotopic (exact) mass is 364 g/mol. The minimum atomic E-state index is -3.80. The van der Waals surface area contributed by atoms with Gasteiger partial charge in [0.1, 0.15) is 6.04 Å². The van der Waals surface area contributed by atoms with Crippen molar-refractivity contribution in [3.05, 3.63) is 41.5 Å². The van der Waals surface area contributed by atoms with Gasteiger partial charge in [-0.15, -0.1) is 0 Å². The number of amides is 1. The van der Waals surface area contributed by atoms with Crippen molar-refractivity contribution in [3.8, 4) is 0 Å². The Labute approximate surface area is 146 Å². The lowest BCUT2D eigenvalue weighted by Gasteiger charge is -2.33. The van der Waals surface area contributed by atoms with Crippen LogP contribution < -0.4 is 5.32 Å². The van der Waals surface area contributed by atoms with Crippen molar-refractivity contribution in [1.29, 1.82) is 0 Å². The molecule has 3 rings (SSSR count). The van der Waals surface area contributed by atoms with Gasteiger partial charge in [0, 0.05) is 13.1 Å². The van der Waals surface area contributed by atoms with E-state index in [0.29, 0.717) is 5.82 Å². The number of aromatic nitrogens is 2. The lowest BCUT2D eigenvalue weighted by molar-refractivity contribution is -0.126. The Kier molecular flexibility index (Phi) is 4.87. The van der Waals surface area contributed by atoms with E-state index in [-0.39, 0.29) is 36.2 Å². The molecule has 25 heavy (non-hydrogen) atoms. The zero-order chi connectivity index (χ0) is 18.0. The van der Waals surface area contributed by atoms with Crippen molar-refractivity contribution < 1.29 is 17.7 Å². The molecular formula is C16H20N4O4S. The highest BCUT2D eigenvalue weighted by atomic mass is 32.2. The van der Waals surface area contributed by atoms with E-state index in [0.717, 1.165) is 12.0 Å². The van der Waals surface area contributed by atoms with Gasteiger partial charge in [0.05, 0.1) is 11.3 Å². The summed E-state index contributed by atoms with van der Waals surface area (Å²) in [5.41, 5.74) is 1.05. The van der Waals surface area contributed by atoms with Crippen molar-refractivity contribution in [2.75, 3.05) is 13.1 Å². The molecule has 1 amide bonds. The molecule has 1 saturated heterocycles. The molecule has 9 heteroatoms. The number of sulfonamides is 1. The maximum atomic E-state index is 13.0. The van der Waals surface area contributed by atoms with Crippen LogP contribution in [-0.2, 0) is 27.7 Å². The summed E-state index contributed by atoms with van der Waals surface area (Å²) in [6.45, 7) is 4.13. The molecule has 0 saturated carbocycles. The molecule has 1 atom stereocenters. The highest BCUT2D eigenvalue weighted by Crippen LogP contribution is 2.22. The topological polar surface area (TPSA) is 105 Å². The van der Waals surface area contributed by atoms with Crippen molar-refractivity contribution >= 4 is 15.9 Å². The molecule has 0 spiro atoms. The fraction of sp³-hybridized carbons (Fsp3) is 0.438. The standard InChI is InChI=1S/C16H20N4O4S/c1-3-12-4-6-13(7-5-12)25(22,23)20-9-8-17-16(21)14(20)10-15-18-11(2)19-24-15/h4-7,14H,3,8-10H2,1-2H3,(H,17,21). The average molecular weight is 364 g/mol. The first-order chi connectivity index (χ1) is 11.9. The minimum absolute atomic E-state index is 0.0406. The van der Waals surface area contributed by atoms with Gasteiger partial charge in [-0.1, -0.05) is 24.2 Å². The van der Waals surface area contributed by atoms with E-state index in [1.54, 1.807) is 31.2 Å². The number of carbonyl (C=O) groups is 1. The molecule has 1 aliphatic heterocycles. The predicted molar refractivity (Wildman–Crippen MR) is 89.2 cm³/mol. The Morgan fingerprint density at radius 1 is 1.32 bits per heavy atom. The summed E-state index contributed by atoms with van der Waals surface area (Å²) >= 11 is 0. The molecule has 1 unspecified atom stereocenters. The molecule has 1 aliphatic rings. The molecule has 1 fully saturated rings. The second-order valence-corrected chi connectivity index (χ2v) is 7.75. The predicted octanol–water partition coefficient (Wildman–Crippen LogP) is 0.672. The van der Waals surface area contributed by atoms with Crippen LogP contribution in [0, 0.1) is 6.92 Å². The van der Waals surface area contributed by atoms with Crippen LogP contribution in [0.15, 0.2) is 33.7 Å². The van der Waals surface area contributed by atoms with Gasteiger partial charge in [0.15, 0.2) is 5.82 Å². The van der Waals surface area contributed by atoms with Gasteiger partial charge in [0.2, 0.25) is 21.8 Å². The number of aryl methyl sites for hydroxylation is 2. The smallest absolute Gasteiger partial charge is 0.243 e. The second-order valence-electron chi connectivity index (χ2n) is 5.86. The summed E-state index contributed by atoms with van der Waals surface area (Å²) in [6.07, 6.45) is 0.866. The molecule has 8 nitrogen and oxygen atoms in total. The van der Waals surface area contributed by atoms with Crippen LogP contribution in [0.4, 0.5) is 0 Å². The highest BCUT2D eigenvalue weighted by Gasteiger charge is 2.39. The third kappa shape index (κ3) is 3.57. The van der Waals surface area contributed by atoms with Crippen molar-refractivity contribution in [2.24, 2.45) is 0 Å². The van der Waals surface area contributed by atoms with Gasteiger partial charge in [-0.05, 0) is 31.0 Å². The molecule has 1 N–H and O–H groups in total. The first-order valence-electron chi connectivity index (χ1n) is 8.09. The van der Waals surface area contributed by atoms with Crippen molar-refractivity contribution in [3.63, 3.8) is 0 Å². The largest absolute Gasteiger partial charge is 0.353 e. The Bertz CT molecular complexity index is 861. The van der Waals surface area contributed by atoms with Gasteiger partial charge in [-0.3, -0.25) is 4.79 Å². The Hall–Kier alpha value is -2.26. The molecular weight excluding hydrogens is 344 g/mol. The van der Waals surface area contributed by atoms with E-state index in [1.807, 2.05) is 6.92 Å². The molecule has 2 heterocycles. The van der Waals surface area contributed by atoms with E-state index in [1.165, 1.54) is 4.31 Å². The third-order valence-electron chi connectivity index (χ3n) is 4.16. The molecule has 0 bridgehead atoms. The van der Waals surface area contributed by atoms with Crippen LogP contribution in [0.3, 0.4) is 0 Å². The molecule has 1 aromatic heterocycles. The number of benzene rings is 1. The maximum absolute atomic E-state index is 13.0. The number of nitrogens with one attached hydrogen (secondary N) is 1. The highest BCUT2D eigenvalue weighted by molar-refractivity contribution is 7.89. The molecule has 0 aliphatic carbocycles. The SMILES string of the molecule is CCc1ccc(S(=O)(=O)N2CCNC(=O)C2Cc2nc(C)no2)cc1. The zero-order valence-corrected chi connectivity index (χ0v) is 14.9. The quantitative estimate of drug-likeness (QED) is 0.836. The van der Waals surface area contributed by atoms with E-state index >= 15 is 0 Å². The van der Waals surface area contributed by atoms with Gasteiger partial charge < -0.3 is 9.84 Å². The van der Waals surface area contributed by atoms with Crippen LogP contribution in [-0.4, -0.2) is 47.9 Å². The maximum Gasteiger partial charge on any atom is 0.243 e. The first kappa shape index (κ1) is 17.6. The summed E-state index contributed by atoms with van der Waals surface area (Å²) in [5, 5.41) is 6.38. The molecule has 134 valence electrons. The van der Waals surface area contributed by atoms with Crippen LogP contribution >= 0.6 is 0 Å². The van der Waals surface area contributed by atoms with Crippen LogP contribution in [0.2, 0.25) is 0 Å². The molecule has 2 aromatic rings. The Morgan fingerprint density at radius 3 is 2.64 bits per heavy atom. The fourth-order valence-electron chi connectivity index (χ4n) is 2.80. The first-order valence-corrected chi connectivity index (χ1v) is 9.53. The molecule has 1 aromatic carbocycles. The summed E-state index contributed by atoms with van der Waals surface area (Å²) < 4.78 is 32.3. The summed E-state index contributed by atoms with van der Waals surface area (Å²) in [7, 11) is -3.80. The van der Waals surface area contributed by atoms with Gasteiger partial charge >= 0.3 is 0 Å². The number of piperazine rings is 1. The van der Waals surface area contributed by atoms with Gasteiger partial charge in [-0.25, -0.2) is 8.42 Å². The fourth-order valence-corrected chi connectivity index (χ4v) is 4.38. The van der Waals surface area contributed by atoms with E-state index in [9.17, 15) is 13.2 Å². The molecule has 0 radical (unpaired) electrons. The Morgan fingerprint density at radius 2 is 2.04 bits per heavy atom. The van der Waals surface area contributed by atoms with E-state index in [4.69, 9.17) is 4.52 Å². The second kappa shape index (κ2) is 6.93. The van der Waals surface area contributed by atoms with Gasteiger partial charge in [-0.2, -0.15) is 9.29 Å². The third-order valence-corrected chi connectivity index (χ3v) is 6.08. The van der Waals surface area contributed by atoms with Crippen LogP contribution in [0.5, 0.6) is 0 Å². The number of hydrogen-bond donors (Lipinski definition) is 1. The van der Waals surface area contributed by atoms with E-state index in [2.05, 4.69) is 15.5 Å². The average Bonchev–Trinajstić information content (AvgIpc) is 3.01. The Balaban J connectivity index is 1.91. The zero-order valence-electron chi connectivity index (χ0n) is 14.1. The number of hydrogen-bond acceptors (Lipinski definition) is 6. The number of carbonyl (C=O) groups excluding carboxylic acids is 1. The lowest BCUT2D eigenvalue weighted by atomic mass is 10.1. The number of rotatable bonds is 5. The van der Waals surface area contributed by atoms with Crippen molar-refractivity contribution in [1.82, 2.24) is 19.8 Å². The summed E-state index contributed by atoms with van der Waals surface area (Å²) in [6, 6.07) is 5.81. The lowest BCUT2D eigenvalue weighted by Crippen LogP contribution is -2.57. The van der Waals surface area contributed by atoms with Crippen LogP contribution in [0.25, 0.3) is 0 Å². The van der Waals surface area contributed by atoms with E-state index < -0.39 is 16.1 Å². The minimum Gasteiger partial charge on any atom is -0.353 e. The van der Waals surface area contributed by atoms with Crippen LogP contribution in [0.1, 0.15) is 24.2 Å². The summed E-state index contributed by atoms with van der Waals surface area (Å²) in [4.78, 5) is 16.5. The van der Waals surface area contributed by atoms with Crippen molar-refractivity contribution in [2.45, 2.75) is 37.6 Å². The normalized spacial score (nSPS) is 19.0. The number of nitrogens with zero attached hydrogens (tertiary/aromatic N) is 3. The summed E-state index contributed by atoms with van der Waals surface area (Å²) in [5.74, 6) is 0.313.